The molecule has 0 heterocycles. The van der Waals surface area contributed by atoms with E-state index < -0.39 is 0 Å². The van der Waals surface area contributed by atoms with Crippen molar-refractivity contribution in [2.75, 3.05) is 92.6 Å². The molecule has 0 rings (SSSR count). The zero-order valence-electron chi connectivity index (χ0n) is 19.6. The Morgan fingerprint density at radius 1 is 0.444 bits per heavy atom. The van der Waals surface area contributed by atoms with Crippen LogP contribution in [-0.2, 0) is 0 Å². The Hall–Kier alpha value is -0.200. The molecule has 5 nitrogen and oxygen atoms in total. The zero-order valence-corrected chi connectivity index (χ0v) is 19.6. The van der Waals surface area contributed by atoms with E-state index in [1.165, 1.54) is 91.1 Å². The molecule has 0 aromatic rings. The highest BCUT2D eigenvalue weighted by Crippen LogP contribution is 1.98. The molecule has 5 heteroatoms. The second kappa shape index (κ2) is 19.1. The van der Waals surface area contributed by atoms with Crippen LogP contribution in [0.15, 0.2) is 0 Å². The monoisotopic (exact) mass is 385 g/mol. The van der Waals surface area contributed by atoms with Gasteiger partial charge in [-0.3, -0.25) is 4.90 Å². The Kier molecular flexibility index (Phi) is 19.0. The first-order chi connectivity index (χ1) is 13.1. The van der Waals surface area contributed by atoms with Crippen LogP contribution in [0.25, 0.3) is 0 Å². The average Bonchev–Trinajstić information content (AvgIpc) is 2.64. The van der Waals surface area contributed by atoms with Gasteiger partial charge in [0.15, 0.2) is 0 Å². The highest BCUT2D eigenvalue weighted by Gasteiger charge is 2.11. The number of nitrogens with one attached hydrogen (secondary N) is 1. The average molecular weight is 386 g/mol. The molecule has 0 saturated carbocycles. The standard InChI is InChI=1S/C22H51N5/c1-7-11-23-12-16-26(15-10-4)21-22-27(19-17-24(5)13-8-2)20-18-25(6)14-9-3/h23H,7-22H2,1-6H3. The van der Waals surface area contributed by atoms with E-state index in [0.29, 0.717) is 0 Å². The van der Waals surface area contributed by atoms with Gasteiger partial charge in [0.1, 0.15) is 0 Å². The van der Waals surface area contributed by atoms with Gasteiger partial charge in [-0.2, -0.15) is 0 Å². The quantitative estimate of drug-likeness (QED) is 0.325. The van der Waals surface area contributed by atoms with E-state index in [2.05, 4.69) is 66.7 Å². The molecule has 0 aliphatic heterocycles. The molecule has 0 atom stereocenters. The third kappa shape index (κ3) is 16.5. The molecule has 0 radical (unpaired) electrons. The van der Waals surface area contributed by atoms with Crippen LogP contribution in [0.1, 0.15) is 53.4 Å². The van der Waals surface area contributed by atoms with Crippen LogP contribution in [0.5, 0.6) is 0 Å². The first-order valence-corrected chi connectivity index (χ1v) is 11.6. The summed E-state index contributed by atoms with van der Waals surface area (Å²) in [6.07, 6.45) is 4.94. The van der Waals surface area contributed by atoms with E-state index in [4.69, 9.17) is 0 Å². The molecule has 0 aliphatic carbocycles. The van der Waals surface area contributed by atoms with Crippen molar-refractivity contribution < 1.29 is 0 Å². The molecule has 0 aromatic heterocycles. The Labute approximate surface area is 171 Å². The molecular weight excluding hydrogens is 334 g/mol. The fourth-order valence-corrected chi connectivity index (χ4v) is 3.42. The molecule has 0 spiro atoms. The molecule has 0 saturated heterocycles. The predicted octanol–water partition coefficient (Wildman–Crippen LogP) is 2.68. The maximum Gasteiger partial charge on any atom is 0.0110 e. The van der Waals surface area contributed by atoms with E-state index in [9.17, 15) is 0 Å². The Morgan fingerprint density at radius 3 is 1.33 bits per heavy atom. The van der Waals surface area contributed by atoms with Crippen molar-refractivity contribution in [1.29, 1.82) is 0 Å². The minimum atomic E-state index is 1.12. The van der Waals surface area contributed by atoms with Gasteiger partial charge >= 0.3 is 0 Å². The summed E-state index contributed by atoms with van der Waals surface area (Å²) in [6.45, 7) is 23.2. The summed E-state index contributed by atoms with van der Waals surface area (Å²) < 4.78 is 0. The minimum absolute atomic E-state index is 1.12. The molecule has 0 fully saturated rings. The van der Waals surface area contributed by atoms with Crippen LogP contribution in [0.2, 0.25) is 0 Å². The van der Waals surface area contributed by atoms with Crippen LogP contribution in [0, 0.1) is 0 Å². The summed E-state index contributed by atoms with van der Waals surface area (Å²) in [6, 6.07) is 0. The first kappa shape index (κ1) is 26.8. The third-order valence-electron chi connectivity index (χ3n) is 5.11. The van der Waals surface area contributed by atoms with Crippen LogP contribution in [-0.4, -0.2) is 112 Å². The third-order valence-corrected chi connectivity index (χ3v) is 5.11. The molecule has 0 aromatic carbocycles. The molecule has 0 aliphatic rings. The first-order valence-electron chi connectivity index (χ1n) is 11.6. The van der Waals surface area contributed by atoms with E-state index in [1.54, 1.807) is 0 Å². The van der Waals surface area contributed by atoms with E-state index in [1.807, 2.05) is 0 Å². The zero-order chi connectivity index (χ0) is 20.3. The Balaban J connectivity index is 4.43. The summed E-state index contributed by atoms with van der Waals surface area (Å²) in [4.78, 5) is 10.3. The molecular formula is C22H51N5. The fraction of sp³-hybridized carbons (Fsp3) is 1.00. The predicted molar refractivity (Wildman–Crippen MR) is 122 cm³/mol. The fourth-order valence-electron chi connectivity index (χ4n) is 3.42. The maximum absolute atomic E-state index is 3.55. The van der Waals surface area contributed by atoms with Crippen LogP contribution < -0.4 is 5.32 Å². The normalized spacial score (nSPS) is 12.2. The second-order valence-electron chi connectivity index (χ2n) is 8.04. The van der Waals surface area contributed by atoms with Crippen molar-refractivity contribution in [2.24, 2.45) is 0 Å². The lowest BCUT2D eigenvalue weighted by atomic mass is 10.3. The van der Waals surface area contributed by atoms with Gasteiger partial charge in [-0.1, -0.05) is 27.7 Å². The second-order valence-corrected chi connectivity index (χ2v) is 8.04. The summed E-state index contributed by atoms with van der Waals surface area (Å²) in [5, 5.41) is 3.55. The number of likely N-dealkylation sites (N-methyl/N-ethyl adjacent to an activating group) is 2. The van der Waals surface area contributed by atoms with Gasteiger partial charge in [0.05, 0.1) is 0 Å². The van der Waals surface area contributed by atoms with E-state index >= 15 is 0 Å². The van der Waals surface area contributed by atoms with Gasteiger partial charge in [-0.05, 0) is 66.0 Å². The van der Waals surface area contributed by atoms with Crippen molar-refractivity contribution >= 4 is 0 Å². The Morgan fingerprint density at radius 2 is 0.889 bits per heavy atom. The van der Waals surface area contributed by atoms with Crippen molar-refractivity contribution in [2.45, 2.75) is 53.4 Å². The number of nitrogens with zero attached hydrogens (tertiary/aromatic N) is 4. The maximum atomic E-state index is 3.55. The lowest BCUT2D eigenvalue weighted by Gasteiger charge is -2.30. The molecule has 27 heavy (non-hydrogen) atoms. The van der Waals surface area contributed by atoms with Crippen LogP contribution >= 0.6 is 0 Å². The largest absolute Gasteiger partial charge is 0.315 e. The van der Waals surface area contributed by atoms with Gasteiger partial charge in [0, 0.05) is 52.4 Å². The van der Waals surface area contributed by atoms with Crippen molar-refractivity contribution in [3.8, 4) is 0 Å². The van der Waals surface area contributed by atoms with Crippen LogP contribution in [0.4, 0.5) is 0 Å². The van der Waals surface area contributed by atoms with Crippen molar-refractivity contribution in [3.05, 3.63) is 0 Å². The molecule has 0 amide bonds. The summed E-state index contributed by atoms with van der Waals surface area (Å²) in [7, 11) is 4.52. The van der Waals surface area contributed by atoms with Gasteiger partial charge in [0.25, 0.3) is 0 Å². The smallest absolute Gasteiger partial charge is 0.0110 e. The van der Waals surface area contributed by atoms with Crippen molar-refractivity contribution in [3.63, 3.8) is 0 Å². The SMILES string of the molecule is CCCNCCN(CCC)CCN(CCN(C)CCC)CCN(C)CCC. The summed E-state index contributed by atoms with van der Waals surface area (Å²) in [5.74, 6) is 0. The highest BCUT2D eigenvalue weighted by molar-refractivity contribution is 4.68. The van der Waals surface area contributed by atoms with Gasteiger partial charge in [0.2, 0.25) is 0 Å². The molecule has 0 bridgehead atoms. The summed E-state index contributed by atoms with van der Waals surface area (Å²) in [5.41, 5.74) is 0. The van der Waals surface area contributed by atoms with Gasteiger partial charge in [-0.25, -0.2) is 0 Å². The Bertz CT molecular complexity index is 284. The minimum Gasteiger partial charge on any atom is -0.315 e. The number of rotatable bonds is 20. The molecule has 164 valence electrons. The van der Waals surface area contributed by atoms with Gasteiger partial charge < -0.3 is 20.0 Å². The van der Waals surface area contributed by atoms with E-state index in [-0.39, 0.29) is 0 Å². The van der Waals surface area contributed by atoms with E-state index in [0.717, 1.165) is 13.1 Å². The summed E-state index contributed by atoms with van der Waals surface area (Å²) >= 11 is 0. The highest BCUT2D eigenvalue weighted by atomic mass is 15.2. The van der Waals surface area contributed by atoms with Crippen LogP contribution in [0.3, 0.4) is 0 Å². The number of hydrogen-bond acceptors (Lipinski definition) is 5. The topological polar surface area (TPSA) is 25.0 Å². The lowest BCUT2D eigenvalue weighted by Crippen LogP contribution is -2.43. The number of hydrogen-bond donors (Lipinski definition) is 1. The molecule has 1 N–H and O–H groups in total. The molecule has 0 unspecified atom stereocenters. The van der Waals surface area contributed by atoms with Gasteiger partial charge in [-0.15, -0.1) is 0 Å². The van der Waals surface area contributed by atoms with Crippen molar-refractivity contribution in [1.82, 2.24) is 24.9 Å². The lowest BCUT2D eigenvalue weighted by molar-refractivity contribution is 0.169.